The summed E-state index contributed by atoms with van der Waals surface area (Å²) in [5.74, 6) is 0. The normalized spacial score (nSPS) is 10.8. The van der Waals surface area contributed by atoms with E-state index in [4.69, 9.17) is 5.73 Å². The molecule has 0 atom stereocenters. The van der Waals surface area contributed by atoms with Crippen LogP contribution in [0.3, 0.4) is 0 Å². The summed E-state index contributed by atoms with van der Waals surface area (Å²) in [4.78, 5) is 14.7. The van der Waals surface area contributed by atoms with Gasteiger partial charge in [0.25, 0.3) is 5.56 Å². The molecule has 0 spiro atoms. The zero-order valence-electron chi connectivity index (χ0n) is 6.68. The van der Waals surface area contributed by atoms with E-state index in [1.54, 1.807) is 17.0 Å². The molecular weight excluding hydrogens is 154 g/mol. The van der Waals surface area contributed by atoms with Crippen molar-refractivity contribution in [3.8, 4) is 0 Å². The van der Waals surface area contributed by atoms with E-state index >= 15 is 0 Å². The van der Waals surface area contributed by atoms with Crippen molar-refractivity contribution in [1.82, 2.24) is 9.55 Å². The Bertz CT molecular complexity index is 316. The molecule has 0 saturated carbocycles. The molecule has 4 nitrogen and oxygen atoms in total. The standard InChI is InChI=1S/C8H11N3O/c9-3-1-2-5-11-6-4-10-7-8(11)12/h1-2,4,6-7H,3,5,9H2/b2-1+. The van der Waals surface area contributed by atoms with E-state index in [1.165, 1.54) is 6.20 Å². The van der Waals surface area contributed by atoms with E-state index in [-0.39, 0.29) is 5.56 Å². The highest BCUT2D eigenvalue weighted by molar-refractivity contribution is 4.87. The van der Waals surface area contributed by atoms with E-state index in [1.807, 2.05) is 12.2 Å². The van der Waals surface area contributed by atoms with E-state index in [0.717, 1.165) is 0 Å². The lowest BCUT2D eigenvalue weighted by atomic mass is 10.5. The highest BCUT2D eigenvalue weighted by Gasteiger charge is 1.88. The molecule has 0 fully saturated rings. The van der Waals surface area contributed by atoms with Crippen LogP contribution in [0.2, 0.25) is 0 Å². The summed E-state index contributed by atoms with van der Waals surface area (Å²) >= 11 is 0. The van der Waals surface area contributed by atoms with Gasteiger partial charge in [-0.1, -0.05) is 12.2 Å². The minimum absolute atomic E-state index is 0.0980. The number of nitrogens with two attached hydrogens (primary N) is 1. The van der Waals surface area contributed by atoms with Gasteiger partial charge in [0.15, 0.2) is 0 Å². The maximum absolute atomic E-state index is 11.0. The number of hydrogen-bond acceptors (Lipinski definition) is 3. The monoisotopic (exact) mass is 165 g/mol. The second-order valence-corrected chi connectivity index (χ2v) is 2.27. The minimum Gasteiger partial charge on any atom is -0.327 e. The molecule has 0 bridgehead atoms. The van der Waals surface area contributed by atoms with E-state index in [9.17, 15) is 4.79 Å². The van der Waals surface area contributed by atoms with Gasteiger partial charge in [0.05, 0.1) is 6.20 Å². The molecule has 0 aromatic carbocycles. The van der Waals surface area contributed by atoms with Crippen molar-refractivity contribution in [3.05, 3.63) is 41.1 Å². The van der Waals surface area contributed by atoms with Crippen LogP contribution in [0, 0.1) is 0 Å². The molecule has 0 aliphatic rings. The van der Waals surface area contributed by atoms with Crippen LogP contribution in [0.4, 0.5) is 0 Å². The van der Waals surface area contributed by atoms with Crippen molar-refractivity contribution in [2.45, 2.75) is 6.54 Å². The van der Waals surface area contributed by atoms with Gasteiger partial charge in [0, 0.05) is 25.5 Å². The first kappa shape index (κ1) is 8.67. The topological polar surface area (TPSA) is 60.9 Å². The van der Waals surface area contributed by atoms with Crippen molar-refractivity contribution in [1.29, 1.82) is 0 Å². The molecule has 12 heavy (non-hydrogen) atoms. The first-order valence-electron chi connectivity index (χ1n) is 3.70. The minimum atomic E-state index is -0.0980. The average molecular weight is 165 g/mol. The predicted molar refractivity (Wildman–Crippen MR) is 46.7 cm³/mol. The molecule has 0 radical (unpaired) electrons. The summed E-state index contributed by atoms with van der Waals surface area (Å²) < 4.78 is 1.55. The molecule has 2 N–H and O–H groups in total. The Morgan fingerprint density at radius 2 is 2.42 bits per heavy atom. The van der Waals surface area contributed by atoms with Crippen molar-refractivity contribution in [3.63, 3.8) is 0 Å². The zero-order valence-corrected chi connectivity index (χ0v) is 6.68. The Morgan fingerprint density at radius 3 is 3.08 bits per heavy atom. The van der Waals surface area contributed by atoms with Gasteiger partial charge in [-0.3, -0.25) is 9.78 Å². The predicted octanol–water partition coefficient (Wildman–Crippen LogP) is -0.242. The van der Waals surface area contributed by atoms with Gasteiger partial charge in [-0.2, -0.15) is 0 Å². The molecule has 1 rings (SSSR count). The Morgan fingerprint density at radius 1 is 1.58 bits per heavy atom. The maximum atomic E-state index is 11.0. The van der Waals surface area contributed by atoms with Crippen LogP contribution in [0.15, 0.2) is 35.5 Å². The fourth-order valence-corrected chi connectivity index (χ4v) is 0.809. The number of nitrogens with zero attached hydrogens (tertiary/aromatic N) is 2. The summed E-state index contributed by atoms with van der Waals surface area (Å²) in [5.41, 5.74) is 5.15. The van der Waals surface area contributed by atoms with E-state index in [0.29, 0.717) is 13.1 Å². The lowest BCUT2D eigenvalue weighted by Gasteiger charge is -1.97. The second kappa shape index (κ2) is 4.46. The van der Waals surface area contributed by atoms with Gasteiger partial charge in [-0.15, -0.1) is 0 Å². The highest BCUT2D eigenvalue weighted by Crippen LogP contribution is 1.80. The molecule has 0 saturated heterocycles. The van der Waals surface area contributed by atoms with Crippen LogP contribution in [-0.2, 0) is 6.54 Å². The molecule has 0 unspecified atom stereocenters. The zero-order chi connectivity index (χ0) is 8.81. The maximum Gasteiger partial charge on any atom is 0.269 e. The molecular formula is C8H11N3O. The van der Waals surface area contributed by atoms with E-state index in [2.05, 4.69) is 4.98 Å². The molecule has 0 aliphatic carbocycles. The van der Waals surface area contributed by atoms with Crippen LogP contribution in [0.25, 0.3) is 0 Å². The van der Waals surface area contributed by atoms with Crippen LogP contribution in [0.5, 0.6) is 0 Å². The summed E-state index contributed by atoms with van der Waals surface area (Å²) in [6.45, 7) is 1.05. The summed E-state index contributed by atoms with van der Waals surface area (Å²) in [5, 5.41) is 0. The summed E-state index contributed by atoms with van der Waals surface area (Å²) in [6.07, 6.45) is 8.17. The number of rotatable bonds is 3. The average Bonchev–Trinajstić information content (AvgIpc) is 2.09. The molecule has 64 valence electrons. The SMILES string of the molecule is NC/C=C/Cn1ccncc1=O. The second-order valence-electron chi connectivity index (χ2n) is 2.27. The van der Waals surface area contributed by atoms with Gasteiger partial charge in [-0.25, -0.2) is 0 Å². The van der Waals surface area contributed by atoms with Crippen LogP contribution >= 0.6 is 0 Å². The smallest absolute Gasteiger partial charge is 0.269 e. The summed E-state index contributed by atoms with van der Waals surface area (Å²) in [6, 6.07) is 0. The van der Waals surface area contributed by atoms with E-state index < -0.39 is 0 Å². The Balaban J connectivity index is 2.70. The molecule has 1 aromatic rings. The largest absolute Gasteiger partial charge is 0.327 e. The quantitative estimate of drug-likeness (QED) is 0.629. The van der Waals surface area contributed by atoms with Gasteiger partial charge < -0.3 is 10.3 Å². The number of allylic oxidation sites excluding steroid dienone is 1. The fraction of sp³-hybridized carbons (Fsp3) is 0.250. The van der Waals surface area contributed by atoms with Crippen molar-refractivity contribution in [2.24, 2.45) is 5.73 Å². The lowest BCUT2D eigenvalue weighted by molar-refractivity contribution is 0.764. The first-order chi connectivity index (χ1) is 5.84. The summed E-state index contributed by atoms with van der Waals surface area (Å²) in [7, 11) is 0. The molecule has 4 heteroatoms. The third-order valence-electron chi connectivity index (χ3n) is 1.41. The molecule has 1 aromatic heterocycles. The Labute approximate surface area is 70.4 Å². The fourth-order valence-electron chi connectivity index (χ4n) is 0.809. The number of aromatic nitrogens is 2. The molecule has 0 aliphatic heterocycles. The van der Waals surface area contributed by atoms with Gasteiger partial charge >= 0.3 is 0 Å². The Kier molecular flexibility index (Phi) is 3.22. The molecule has 0 amide bonds. The highest BCUT2D eigenvalue weighted by atomic mass is 16.1. The van der Waals surface area contributed by atoms with Crippen molar-refractivity contribution in [2.75, 3.05) is 6.54 Å². The van der Waals surface area contributed by atoms with Gasteiger partial charge in [-0.05, 0) is 0 Å². The number of hydrogen-bond donors (Lipinski definition) is 1. The third-order valence-corrected chi connectivity index (χ3v) is 1.41. The van der Waals surface area contributed by atoms with Crippen LogP contribution < -0.4 is 11.3 Å². The van der Waals surface area contributed by atoms with Gasteiger partial charge in [0.2, 0.25) is 0 Å². The lowest BCUT2D eigenvalue weighted by Crippen LogP contribution is -2.17. The van der Waals surface area contributed by atoms with Crippen LogP contribution in [0.1, 0.15) is 0 Å². The third kappa shape index (κ3) is 2.32. The van der Waals surface area contributed by atoms with Crippen molar-refractivity contribution < 1.29 is 0 Å². The van der Waals surface area contributed by atoms with Crippen LogP contribution in [-0.4, -0.2) is 16.1 Å². The van der Waals surface area contributed by atoms with Crippen molar-refractivity contribution >= 4 is 0 Å². The molecule has 1 heterocycles. The first-order valence-corrected chi connectivity index (χ1v) is 3.70. The van der Waals surface area contributed by atoms with Gasteiger partial charge in [0.1, 0.15) is 0 Å². The Hall–Kier alpha value is -1.42.